The molecule has 0 heterocycles. The Hall–Kier alpha value is -2.11. The maximum absolute atomic E-state index is 10.5. The number of carbonyl (C=O) groups excluding carboxylic acids is 1. The molecular weight excluding hydrogens is 190 g/mol. The molecule has 0 radical (unpaired) electrons. The van der Waals surface area contributed by atoms with Crippen molar-refractivity contribution in [2.24, 2.45) is 0 Å². The molecule has 0 aromatic heterocycles. The number of rotatable bonds is 3. The third-order valence-corrected chi connectivity index (χ3v) is 1.61. The molecule has 1 aromatic rings. The van der Waals surface area contributed by atoms with Gasteiger partial charge < -0.3 is 14.6 Å². The molecule has 0 unspecified atom stereocenters. The van der Waals surface area contributed by atoms with Crippen molar-refractivity contribution >= 4 is 11.7 Å². The Labute approximate surface area is 78.9 Å². The third kappa shape index (κ3) is 1.63. The molecule has 1 aromatic carbocycles. The maximum atomic E-state index is 10.5. The molecule has 0 bridgehead atoms. The van der Waals surface area contributed by atoms with Crippen LogP contribution < -0.4 is 9.84 Å². The van der Waals surface area contributed by atoms with E-state index in [1.165, 1.54) is 12.1 Å². The van der Waals surface area contributed by atoms with Gasteiger partial charge in [-0.3, -0.25) is 10.1 Å². The van der Waals surface area contributed by atoms with Gasteiger partial charge in [-0.15, -0.1) is 0 Å². The summed E-state index contributed by atoms with van der Waals surface area (Å²) >= 11 is 0. The first kappa shape index (κ1) is 9.97. The van der Waals surface area contributed by atoms with Crippen molar-refractivity contribution in [3.8, 4) is 5.75 Å². The number of carboxylic acid groups (broad SMARTS) is 1. The van der Waals surface area contributed by atoms with E-state index in [4.69, 9.17) is 0 Å². The van der Waals surface area contributed by atoms with Crippen LogP contribution in [-0.2, 0) is 0 Å². The highest BCUT2D eigenvalue weighted by Crippen LogP contribution is 2.29. The van der Waals surface area contributed by atoms with Crippen molar-refractivity contribution in [3.05, 3.63) is 33.9 Å². The minimum atomic E-state index is -1.51. The van der Waals surface area contributed by atoms with Crippen molar-refractivity contribution < 1.29 is 19.6 Å². The molecule has 1 rings (SSSR count). The average Bonchev–Trinajstić information content (AvgIpc) is 2.16. The van der Waals surface area contributed by atoms with Crippen molar-refractivity contribution in [1.82, 2.24) is 0 Å². The SMILES string of the molecule is COc1c(C(=O)[O-])cccc1[N+](=O)[O-]. The average molecular weight is 196 g/mol. The van der Waals surface area contributed by atoms with Crippen LogP contribution in [0.25, 0.3) is 0 Å². The minimum Gasteiger partial charge on any atom is -0.545 e. The van der Waals surface area contributed by atoms with E-state index in [1.54, 1.807) is 0 Å². The number of nitrogens with zero attached hydrogens (tertiary/aromatic N) is 1. The van der Waals surface area contributed by atoms with Crippen LogP contribution in [0, 0.1) is 10.1 Å². The highest BCUT2D eigenvalue weighted by molar-refractivity contribution is 5.91. The largest absolute Gasteiger partial charge is 0.545 e. The Kier molecular flexibility index (Phi) is 2.66. The minimum absolute atomic E-state index is 0.294. The molecule has 0 aliphatic rings. The van der Waals surface area contributed by atoms with Gasteiger partial charge in [0, 0.05) is 11.6 Å². The second-order valence-electron chi connectivity index (χ2n) is 2.40. The topological polar surface area (TPSA) is 92.5 Å². The number of benzene rings is 1. The van der Waals surface area contributed by atoms with E-state index in [0.717, 1.165) is 13.2 Å². The second-order valence-corrected chi connectivity index (χ2v) is 2.40. The number of aromatic carboxylic acids is 1. The fraction of sp³-hybridized carbons (Fsp3) is 0.125. The van der Waals surface area contributed by atoms with Crippen LogP contribution in [-0.4, -0.2) is 18.0 Å². The van der Waals surface area contributed by atoms with Crippen LogP contribution in [0.1, 0.15) is 10.4 Å². The first-order valence-electron chi connectivity index (χ1n) is 3.60. The lowest BCUT2D eigenvalue weighted by atomic mass is 10.2. The quantitative estimate of drug-likeness (QED) is 0.499. The number of nitro groups is 1. The molecule has 0 spiro atoms. The number of ether oxygens (including phenoxy) is 1. The lowest BCUT2D eigenvalue weighted by Gasteiger charge is -2.08. The summed E-state index contributed by atoms with van der Waals surface area (Å²) < 4.78 is 4.64. The van der Waals surface area contributed by atoms with Crippen LogP contribution in [0.4, 0.5) is 5.69 Å². The predicted molar refractivity (Wildman–Crippen MR) is 44.0 cm³/mol. The summed E-state index contributed by atoms with van der Waals surface area (Å²) in [7, 11) is 1.16. The van der Waals surface area contributed by atoms with Crippen LogP contribution in [0.2, 0.25) is 0 Å². The van der Waals surface area contributed by atoms with Gasteiger partial charge in [0.05, 0.1) is 18.0 Å². The summed E-state index contributed by atoms with van der Waals surface area (Å²) in [6.45, 7) is 0. The van der Waals surface area contributed by atoms with E-state index in [9.17, 15) is 20.0 Å². The van der Waals surface area contributed by atoms with E-state index in [2.05, 4.69) is 4.74 Å². The molecule has 0 amide bonds. The van der Waals surface area contributed by atoms with Gasteiger partial charge in [-0.1, -0.05) is 6.07 Å². The smallest absolute Gasteiger partial charge is 0.311 e. The Bertz CT molecular complexity index is 355. The molecule has 0 aliphatic carbocycles. The summed E-state index contributed by atoms with van der Waals surface area (Å²) in [5.41, 5.74) is -0.726. The highest BCUT2D eigenvalue weighted by Gasteiger charge is 2.18. The zero-order valence-corrected chi connectivity index (χ0v) is 7.22. The van der Waals surface area contributed by atoms with Gasteiger partial charge in [-0.05, 0) is 6.07 Å². The highest BCUT2D eigenvalue weighted by atomic mass is 16.6. The predicted octanol–water partition coefficient (Wildman–Crippen LogP) is -0.0331. The van der Waals surface area contributed by atoms with E-state index >= 15 is 0 Å². The van der Waals surface area contributed by atoms with Gasteiger partial charge in [0.2, 0.25) is 5.75 Å². The first-order chi connectivity index (χ1) is 6.57. The molecule has 0 fully saturated rings. The van der Waals surface area contributed by atoms with Gasteiger partial charge in [0.25, 0.3) is 0 Å². The van der Waals surface area contributed by atoms with Crippen molar-refractivity contribution in [2.75, 3.05) is 7.11 Å². The summed E-state index contributed by atoms with van der Waals surface area (Å²) in [4.78, 5) is 20.3. The van der Waals surface area contributed by atoms with Gasteiger partial charge in [-0.2, -0.15) is 0 Å². The van der Waals surface area contributed by atoms with Crippen molar-refractivity contribution in [3.63, 3.8) is 0 Å². The molecule has 74 valence electrons. The molecule has 0 atom stereocenters. The number of hydrogen-bond donors (Lipinski definition) is 0. The fourth-order valence-corrected chi connectivity index (χ4v) is 1.04. The molecule has 0 saturated heterocycles. The van der Waals surface area contributed by atoms with E-state index < -0.39 is 16.6 Å². The Balaban J connectivity index is 3.39. The standard InChI is InChI=1S/C8H7NO5/c1-14-7-5(8(10)11)3-2-4-6(7)9(12)13/h2-4H,1H3,(H,10,11)/p-1. The van der Waals surface area contributed by atoms with Crippen LogP contribution in [0.5, 0.6) is 5.75 Å². The summed E-state index contributed by atoms with van der Waals surface area (Å²) in [6, 6.07) is 3.60. The zero-order valence-electron chi connectivity index (χ0n) is 7.22. The first-order valence-corrected chi connectivity index (χ1v) is 3.60. The lowest BCUT2D eigenvalue weighted by Crippen LogP contribution is -2.23. The fourth-order valence-electron chi connectivity index (χ4n) is 1.04. The molecule has 6 heteroatoms. The number of para-hydroxylation sites is 1. The lowest BCUT2D eigenvalue weighted by molar-refractivity contribution is -0.385. The maximum Gasteiger partial charge on any atom is 0.311 e. The molecular formula is C8H6NO5-. The van der Waals surface area contributed by atoms with Gasteiger partial charge in [-0.25, -0.2) is 0 Å². The monoisotopic (exact) mass is 196 g/mol. The van der Waals surface area contributed by atoms with Crippen molar-refractivity contribution in [2.45, 2.75) is 0 Å². The number of hydrogen-bond acceptors (Lipinski definition) is 5. The number of carboxylic acids is 1. The molecule has 14 heavy (non-hydrogen) atoms. The summed E-state index contributed by atoms with van der Waals surface area (Å²) in [6.07, 6.45) is 0. The number of carbonyl (C=O) groups is 1. The van der Waals surface area contributed by atoms with Gasteiger partial charge in [0.1, 0.15) is 0 Å². The molecule has 0 saturated carbocycles. The van der Waals surface area contributed by atoms with Crippen molar-refractivity contribution in [1.29, 1.82) is 0 Å². The zero-order chi connectivity index (χ0) is 10.7. The van der Waals surface area contributed by atoms with E-state index in [1.807, 2.05) is 0 Å². The van der Waals surface area contributed by atoms with Gasteiger partial charge >= 0.3 is 5.69 Å². The third-order valence-electron chi connectivity index (χ3n) is 1.61. The summed E-state index contributed by atoms with van der Waals surface area (Å²) in [5, 5.41) is 21.0. The molecule has 0 N–H and O–H groups in total. The van der Waals surface area contributed by atoms with Crippen LogP contribution in [0.15, 0.2) is 18.2 Å². The Morgan fingerprint density at radius 1 is 1.50 bits per heavy atom. The Morgan fingerprint density at radius 3 is 2.57 bits per heavy atom. The van der Waals surface area contributed by atoms with Crippen LogP contribution >= 0.6 is 0 Å². The van der Waals surface area contributed by atoms with E-state index in [0.29, 0.717) is 0 Å². The van der Waals surface area contributed by atoms with E-state index in [-0.39, 0.29) is 11.3 Å². The normalized spacial score (nSPS) is 9.50. The second kappa shape index (κ2) is 3.73. The summed E-state index contributed by atoms with van der Waals surface area (Å²) in [5.74, 6) is -1.80. The molecule has 6 nitrogen and oxygen atoms in total. The molecule has 0 aliphatic heterocycles. The number of nitro benzene ring substituents is 1. The van der Waals surface area contributed by atoms with Gasteiger partial charge in [0.15, 0.2) is 0 Å². The van der Waals surface area contributed by atoms with Crippen LogP contribution in [0.3, 0.4) is 0 Å². The Morgan fingerprint density at radius 2 is 2.14 bits per heavy atom. The number of methoxy groups -OCH3 is 1.